The van der Waals surface area contributed by atoms with Gasteiger partial charge in [0, 0.05) is 30.1 Å². The monoisotopic (exact) mass is 407 g/mol. The number of thiophene rings is 1. The molecular weight excluding hydrogens is 382 g/mol. The van der Waals surface area contributed by atoms with Crippen molar-refractivity contribution in [2.45, 2.75) is 58.4 Å². The van der Waals surface area contributed by atoms with Crippen molar-refractivity contribution in [3.8, 4) is 0 Å². The number of nitrogens with zero attached hydrogens (tertiary/aromatic N) is 3. The fraction of sp³-hybridized carbons (Fsp3) is 0.435. The van der Waals surface area contributed by atoms with Crippen LogP contribution in [-0.2, 0) is 30.6 Å². The van der Waals surface area contributed by atoms with Gasteiger partial charge in [-0.2, -0.15) is 0 Å². The van der Waals surface area contributed by atoms with Crippen molar-refractivity contribution < 1.29 is 4.79 Å². The Bertz CT molecular complexity index is 1160. The van der Waals surface area contributed by atoms with Crippen LogP contribution in [0.2, 0.25) is 0 Å². The summed E-state index contributed by atoms with van der Waals surface area (Å²) in [5.74, 6) is 0.0779. The minimum Gasteiger partial charge on any atom is -0.312 e. The number of amides is 1. The Morgan fingerprint density at radius 1 is 1.17 bits per heavy atom. The topological polar surface area (TPSA) is 55.2 Å². The summed E-state index contributed by atoms with van der Waals surface area (Å²) >= 11 is 1.66. The predicted octanol–water partition coefficient (Wildman–Crippen LogP) is 4.01. The molecule has 2 aromatic heterocycles. The molecule has 1 amide bonds. The number of anilines is 1. The molecule has 3 aromatic rings. The van der Waals surface area contributed by atoms with Gasteiger partial charge in [0.25, 0.3) is 5.56 Å². The lowest BCUT2D eigenvalue weighted by atomic mass is 9.97. The van der Waals surface area contributed by atoms with Gasteiger partial charge in [-0.25, -0.2) is 4.98 Å². The van der Waals surface area contributed by atoms with E-state index in [0.717, 1.165) is 54.6 Å². The maximum atomic E-state index is 13.1. The highest BCUT2D eigenvalue weighted by atomic mass is 32.1. The van der Waals surface area contributed by atoms with E-state index in [-0.39, 0.29) is 11.5 Å². The van der Waals surface area contributed by atoms with Crippen molar-refractivity contribution in [1.29, 1.82) is 0 Å². The van der Waals surface area contributed by atoms with Gasteiger partial charge < -0.3 is 4.90 Å². The van der Waals surface area contributed by atoms with Crippen LogP contribution in [-0.4, -0.2) is 22.0 Å². The number of hydrogen-bond donors (Lipinski definition) is 0. The molecule has 0 bridgehead atoms. The normalized spacial score (nSPS) is 16.0. The van der Waals surface area contributed by atoms with Gasteiger partial charge >= 0.3 is 0 Å². The number of hydrogen-bond acceptors (Lipinski definition) is 4. The number of carbonyl (C=O) groups excluding carboxylic acids is 1. The zero-order valence-corrected chi connectivity index (χ0v) is 17.6. The number of benzene rings is 1. The molecular formula is C23H25N3O2S. The first-order chi connectivity index (χ1) is 14.1. The SMILES string of the molecule is Cc1ccc2c(c1)CCCN2C(=O)CCn1cnc2sc3c(c2c1=O)CCCC3. The molecule has 0 saturated heterocycles. The molecule has 5 rings (SSSR count). The summed E-state index contributed by atoms with van der Waals surface area (Å²) in [6.07, 6.45) is 8.29. The zero-order valence-electron chi connectivity index (χ0n) is 16.7. The van der Waals surface area contributed by atoms with E-state index in [1.54, 1.807) is 22.2 Å². The molecule has 0 spiro atoms. The Hall–Kier alpha value is -2.47. The van der Waals surface area contributed by atoms with Crippen LogP contribution in [0.15, 0.2) is 29.3 Å². The maximum Gasteiger partial charge on any atom is 0.262 e. The highest BCUT2D eigenvalue weighted by Crippen LogP contribution is 2.33. The Balaban J connectivity index is 1.38. The van der Waals surface area contributed by atoms with Crippen LogP contribution < -0.4 is 10.5 Å². The minimum atomic E-state index is 0.0110. The largest absolute Gasteiger partial charge is 0.312 e. The van der Waals surface area contributed by atoms with Gasteiger partial charge in [-0.1, -0.05) is 17.7 Å². The van der Waals surface area contributed by atoms with E-state index in [4.69, 9.17) is 0 Å². The van der Waals surface area contributed by atoms with E-state index in [1.807, 2.05) is 4.90 Å². The fourth-order valence-corrected chi connectivity index (χ4v) is 5.90. The molecule has 1 aromatic carbocycles. The molecule has 29 heavy (non-hydrogen) atoms. The van der Waals surface area contributed by atoms with E-state index in [2.05, 4.69) is 30.1 Å². The summed E-state index contributed by atoms with van der Waals surface area (Å²) in [6, 6.07) is 6.29. The zero-order chi connectivity index (χ0) is 20.0. The van der Waals surface area contributed by atoms with Gasteiger partial charge in [-0.15, -0.1) is 11.3 Å². The molecule has 1 aliphatic heterocycles. The predicted molar refractivity (Wildman–Crippen MR) is 117 cm³/mol. The molecule has 0 unspecified atom stereocenters. The molecule has 2 aliphatic rings. The van der Waals surface area contributed by atoms with Crippen molar-refractivity contribution >= 4 is 33.1 Å². The Morgan fingerprint density at radius 2 is 2.03 bits per heavy atom. The van der Waals surface area contributed by atoms with Crippen LogP contribution in [0.25, 0.3) is 10.2 Å². The first-order valence-electron chi connectivity index (χ1n) is 10.5. The molecule has 0 atom stereocenters. The van der Waals surface area contributed by atoms with Gasteiger partial charge in [0.05, 0.1) is 11.7 Å². The van der Waals surface area contributed by atoms with Crippen LogP contribution in [0.1, 0.15) is 47.3 Å². The molecule has 0 fully saturated rings. The molecule has 3 heterocycles. The van der Waals surface area contributed by atoms with E-state index in [0.29, 0.717) is 13.0 Å². The first kappa shape index (κ1) is 18.6. The molecule has 0 saturated carbocycles. The average molecular weight is 408 g/mol. The van der Waals surface area contributed by atoms with Gasteiger partial charge in [-0.3, -0.25) is 14.2 Å². The van der Waals surface area contributed by atoms with Crippen molar-refractivity contribution in [3.05, 3.63) is 56.4 Å². The van der Waals surface area contributed by atoms with Crippen molar-refractivity contribution in [3.63, 3.8) is 0 Å². The summed E-state index contributed by atoms with van der Waals surface area (Å²) in [5, 5.41) is 0.790. The summed E-state index contributed by atoms with van der Waals surface area (Å²) in [6.45, 7) is 3.21. The third kappa shape index (κ3) is 3.29. The number of carbonyl (C=O) groups is 1. The lowest BCUT2D eigenvalue weighted by Crippen LogP contribution is -2.36. The maximum absolute atomic E-state index is 13.1. The molecule has 0 N–H and O–H groups in total. The third-order valence-electron chi connectivity index (χ3n) is 6.16. The summed E-state index contributed by atoms with van der Waals surface area (Å²) in [7, 11) is 0. The highest BCUT2D eigenvalue weighted by Gasteiger charge is 2.23. The molecule has 0 radical (unpaired) electrons. The quantitative estimate of drug-likeness (QED) is 0.659. The van der Waals surface area contributed by atoms with Crippen LogP contribution in [0, 0.1) is 6.92 Å². The summed E-state index contributed by atoms with van der Waals surface area (Å²) in [4.78, 5) is 34.7. The lowest BCUT2D eigenvalue weighted by molar-refractivity contribution is -0.118. The molecule has 5 nitrogen and oxygen atoms in total. The van der Waals surface area contributed by atoms with E-state index in [1.165, 1.54) is 28.0 Å². The van der Waals surface area contributed by atoms with E-state index < -0.39 is 0 Å². The van der Waals surface area contributed by atoms with Crippen molar-refractivity contribution in [2.75, 3.05) is 11.4 Å². The second-order valence-electron chi connectivity index (χ2n) is 8.17. The van der Waals surface area contributed by atoms with Gasteiger partial charge in [0.2, 0.25) is 5.91 Å². The number of aromatic nitrogens is 2. The molecule has 150 valence electrons. The Labute approximate surface area is 174 Å². The number of aryl methyl sites for hydroxylation is 5. The molecule has 1 aliphatic carbocycles. The van der Waals surface area contributed by atoms with Crippen molar-refractivity contribution in [2.24, 2.45) is 0 Å². The minimum absolute atomic E-state index is 0.0110. The summed E-state index contributed by atoms with van der Waals surface area (Å²) in [5.41, 5.74) is 4.71. The second kappa shape index (κ2) is 7.41. The lowest BCUT2D eigenvalue weighted by Gasteiger charge is -2.30. The van der Waals surface area contributed by atoms with Crippen LogP contribution >= 0.6 is 11.3 Å². The Morgan fingerprint density at radius 3 is 2.93 bits per heavy atom. The summed E-state index contributed by atoms with van der Waals surface area (Å²) < 4.78 is 1.63. The van der Waals surface area contributed by atoms with E-state index >= 15 is 0 Å². The number of fused-ring (bicyclic) bond motifs is 4. The van der Waals surface area contributed by atoms with Crippen LogP contribution in [0.4, 0.5) is 5.69 Å². The fourth-order valence-electron chi connectivity index (χ4n) is 4.68. The Kier molecular flexibility index (Phi) is 4.74. The number of rotatable bonds is 3. The highest BCUT2D eigenvalue weighted by molar-refractivity contribution is 7.18. The molecule has 6 heteroatoms. The van der Waals surface area contributed by atoms with Crippen LogP contribution in [0.5, 0.6) is 0 Å². The second-order valence-corrected chi connectivity index (χ2v) is 9.25. The van der Waals surface area contributed by atoms with Gasteiger partial charge in [-0.05, 0) is 62.6 Å². The van der Waals surface area contributed by atoms with Gasteiger partial charge in [0.15, 0.2) is 0 Å². The van der Waals surface area contributed by atoms with E-state index in [9.17, 15) is 9.59 Å². The van der Waals surface area contributed by atoms with Crippen LogP contribution in [0.3, 0.4) is 0 Å². The first-order valence-corrected chi connectivity index (χ1v) is 11.3. The third-order valence-corrected chi connectivity index (χ3v) is 7.36. The smallest absolute Gasteiger partial charge is 0.262 e. The average Bonchev–Trinajstić information content (AvgIpc) is 3.11. The standard InChI is InChI=1S/C23H25N3O2S/c1-15-8-9-18-16(13-15)5-4-11-26(18)20(27)10-12-25-14-24-22-21(23(25)28)17-6-2-3-7-19(17)29-22/h8-9,13-14H,2-7,10-12H2,1H3. The van der Waals surface area contributed by atoms with Gasteiger partial charge in [0.1, 0.15) is 4.83 Å². The van der Waals surface area contributed by atoms with Crippen molar-refractivity contribution in [1.82, 2.24) is 9.55 Å².